The normalized spacial score (nSPS) is 10.5. The number of carbonyl (C=O) groups excluding carboxylic acids is 1. The Morgan fingerprint density at radius 3 is 2.89 bits per heavy atom. The quantitative estimate of drug-likeness (QED) is 0.656. The van der Waals surface area contributed by atoms with Gasteiger partial charge in [-0.25, -0.2) is 0 Å². The van der Waals surface area contributed by atoms with Crippen molar-refractivity contribution in [3.05, 3.63) is 54.2 Å². The second-order valence-electron chi connectivity index (χ2n) is 4.14. The van der Waals surface area contributed by atoms with Crippen LogP contribution in [0.1, 0.15) is 10.4 Å². The predicted octanol–water partition coefficient (Wildman–Crippen LogP) is 2.52. The predicted molar refractivity (Wildman–Crippen MR) is 72.2 cm³/mol. The lowest BCUT2D eigenvalue weighted by Gasteiger charge is -2.06. The third kappa shape index (κ3) is 2.13. The lowest BCUT2D eigenvalue weighted by Crippen LogP contribution is -2.11. The third-order valence-corrected chi connectivity index (χ3v) is 2.85. The van der Waals surface area contributed by atoms with Gasteiger partial charge in [-0.3, -0.25) is 9.89 Å². The highest BCUT2D eigenvalue weighted by Gasteiger charge is 2.10. The number of rotatable bonds is 2. The SMILES string of the molecule is O=C(Nc1ccc2cn[nH]c2c1)c1ccccc1O. The number of amides is 1. The monoisotopic (exact) mass is 253 g/mol. The van der Waals surface area contributed by atoms with Crippen LogP contribution in [-0.2, 0) is 0 Å². The van der Waals surface area contributed by atoms with Crippen LogP contribution < -0.4 is 5.32 Å². The van der Waals surface area contributed by atoms with Gasteiger partial charge < -0.3 is 10.4 Å². The van der Waals surface area contributed by atoms with Crippen LogP contribution in [0.25, 0.3) is 10.9 Å². The molecule has 5 nitrogen and oxygen atoms in total. The molecule has 0 aliphatic heterocycles. The first kappa shape index (κ1) is 11.3. The Morgan fingerprint density at radius 1 is 1.21 bits per heavy atom. The average Bonchev–Trinajstić information content (AvgIpc) is 2.86. The zero-order chi connectivity index (χ0) is 13.2. The summed E-state index contributed by atoms with van der Waals surface area (Å²) in [5, 5.41) is 20.1. The van der Waals surface area contributed by atoms with Crippen LogP contribution >= 0.6 is 0 Å². The van der Waals surface area contributed by atoms with Crippen molar-refractivity contribution in [2.75, 3.05) is 5.32 Å². The number of fused-ring (bicyclic) bond motifs is 1. The third-order valence-electron chi connectivity index (χ3n) is 2.85. The van der Waals surface area contributed by atoms with Gasteiger partial charge in [-0.2, -0.15) is 5.10 Å². The van der Waals surface area contributed by atoms with Crippen LogP contribution in [0.2, 0.25) is 0 Å². The maximum atomic E-state index is 12.0. The number of aromatic nitrogens is 2. The van der Waals surface area contributed by atoms with Crippen molar-refractivity contribution in [3.8, 4) is 5.75 Å². The highest BCUT2D eigenvalue weighted by molar-refractivity contribution is 6.06. The summed E-state index contributed by atoms with van der Waals surface area (Å²) in [5.41, 5.74) is 1.73. The van der Waals surface area contributed by atoms with Crippen molar-refractivity contribution in [2.24, 2.45) is 0 Å². The van der Waals surface area contributed by atoms with Crippen molar-refractivity contribution in [3.63, 3.8) is 0 Å². The molecule has 1 aromatic heterocycles. The average molecular weight is 253 g/mol. The summed E-state index contributed by atoms with van der Waals surface area (Å²) in [6, 6.07) is 11.9. The molecule has 0 unspecified atom stereocenters. The molecule has 3 aromatic rings. The first-order chi connectivity index (χ1) is 9.24. The van der Waals surface area contributed by atoms with Crippen LogP contribution in [0, 0.1) is 0 Å². The van der Waals surface area contributed by atoms with Gasteiger partial charge in [0.25, 0.3) is 5.91 Å². The number of benzene rings is 2. The molecule has 2 aromatic carbocycles. The summed E-state index contributed by atoms with van der Waals surface area (Å²) in [6.07, 6.45) is 1.71. The maximum Gasteiger partial charge on any atom is 0.259 e. The molecule has 19 heavy (non-hydrogen) atoms. The van der Waals surface area contributed by atoms with Gasteiger partial charge in [0.05, 0.1) is 17.3 Å². The van der Waals surface area contributed by atoms with E-state index in [-0.39, 0.29) is 17.2 Å². The van der Waals surface area contributed by atoms with Gasteiger partial charge in [0.1, 0.15) is 5.75 Å². The molecule has 3 N–H and O–H groups in total. The highest BCUT2D eigenvalue weighted by atomic mass is 16.3. The van der Waals surface area contributed by atoms with E-state index in [1.165, 1.54) is 6.07 Å². The first-order valence-corrected chi connectivity index (χ1v) is 5.76. The fourth-order valence-electron chi connectivity index (χ4n) is 1.88. The van der Waals surface area contributed by atoms with Crippen LogP contribution in [-0.4, -0.2) is 21.2 Å². The number of aromatic hydroxyl groups is 1. The molecule has 0 bridgehead atoms. The van der Waals surface area contributed by atoms with Crippen molar-refractivity contribution >= 4 is 22.5 Å². The summed E-state index contributed by atoms with van der Waals surface area (Å²) < 4.78 is 0. The number of hydrogen-bond donors (Lipinski definition) is 3. The lowest BCUT2D eigenvalue weighted by molar-refractivity contribution is 0.102. The molecule has 0 fully saturated rings. The molecule has 0 saturated heterocycles. The second-order valence-corrected chi connectivity index (χ2v) is 4.14. The molecule has 0 atom stereocenters. The Hall–Kier alpha value is -2.82. The molecule has 0 aliphatic carbocycles. The Balaban J connectivity index is 1.88. The molecule has 0 saturated carbocycles. The number of H-pyrrole nitrogens is 1. The van der Waals surface area contributed by atoms with E-state index in [2.05, 4.69) is 15.5 Å². The minimum Gasteiger partial charge on any atom is -0.507 e. The van der Waals surface area contributed by atoms with Gasteiger partial charge in [0.15, 0.2) is 0 Å². The fourth-order valence-corrected chi connectivity index (χ4v) is 1.88. The number of carbonyl (C=O) groups is 1. The van der Waals surface area contributed by atoms with Gasteiger partial charge in [-0.05, 0) is 30.3 Å². The molecule has 0 aliphatic rings. The number of para-hydroxylation sites is 1. The maximum absolute atomic E-state index is 12.0. The van der Waals surface area contributed by atoms with Crippen LogP contribution in [0.3, 0.4) is 0 Å². The van der Waals surface area contributed by atoms with E-state index in [0.717, 1.165) is 10.9 Å². The van der Waals surface area contributed by atoms with Crippen molar-refractivity contribution in [1.29, 1.82) is 0 Å². The van der Waals surface area contributed by atoms with E-state index in [0.29, 0.717) is 5.69 Å². The number of hydrogen-bond acceptors (Lipinski definition) is 3. The first-order valence-electron chi connectivity index (χ1n) is 5.76. The van der Waals surface area contributed by atoms with Crippen molar-refractivity contribution < 1.29 is 9.90 Å². The highest BCUT2D eigenvalue weighted by Crippen LogP contribution is 2.20. The largest absolute Gasteiger partial charge is 0.507 e. The number of phenolic OH excluding ortho intramolecular Hbond substituents is 1. The summed E-state index contributed by atoms with van der Waals surface area (Å²) >= 11 is 0. The molecule has 94 valence electrons. The van der Waals surface area contributed by atoms with E-state index in [1.54, 1.807) is 36.5 Å². The Bertz CT molecular complexity index is 749. The molecule has 0 radical (unpaired) electrons. The Labute approximate surface area is 108 Å². The van der Waals surface area contributed by atoms with Crippen LogP contribution in [0.5, 0.6) is 5.75 Å². The van der Waals surface area contributed by atoms with E-state index in [9.17, 15) is 9.90 Å². The Morgan fingerprint density at radius 2 is 2.05 bits per heavy atom. The topological polar surface area (TPSA) is 78.0 Å². The summed E-state index contributed by atoms with van der Waals surface area (Å²) in [7, 11) is 0. The van der Waals surface area contributed by atoms with Gasteiger partial charge in [0, 0.05) is 11.1 Å². The molecular weight excluding hydrogens is 242 g/mol. The minimum atomic E-state index is -0.350. The number of nitrogens with one attached hydrogen (secondary N) is 2. The number of aromatic amines is 1. The second kappa shape index (κ2) is 4.45. The van der Waals surface area contributed by atoms with Crippen molar-refractivity contribution in [2.45, 2.75) is 0 Å². The van der Waals surface area contributed by atoms with Gasteiger partial charge in [-0.1, -0.05) is 12.1 Å². The van der Waals surface area contributed by atoms with Gasteiger partial charge in [0.2, 0.25) is 0 Å². The number of nitrogens with zero attached hydrogens (tertiary/aromatic N) is 1. The number of phenols is 1. The van der Waals surface area contributed by atoms with E-state index >= 15 is 0 Å². The molecule has 1 amide bonds. The zero-order valence-electron chi connectivity index (χ0n) is 9.92. The molecular formula is C14H11N3O2. The molecule has 0 spiro atoms. The summed E-state index contributed by atoms with van der Waals surface area (Å²) in [6.45, 7) is 0. The zero-order valence-corrected chi connectivity index (χ0v) is 9.92. The van der Waals surface area contributed by atoms with Gasteiger partial charge in [-0.15, -0.1) is 0 Å². The molecule has 3 rings (SSSR count). The fraction of sp³-hybridized carbons (Fsp3) is 0. The van der Waals surface area contributed by atoms with Crippen LogP contribution in [0.4, 0.5) is 5.69 Å². The van der Waals surface area contributed by atoms with Crippen LogP contribution in [0.15, 0.2) is 48.7 Å². The van der Waals surface area contributed by atoms with E-state index in [1.807, 2.05) is 6.07 Å². The molecule has 1 heterocycles. The van der Waals surface area contributed by atoms with Crippen molar-refractivity contribution in [1.82, 2.24) is 10.2 Å². The molecule has 5 heteroatoms. The smallest absolute Gasteiger partial charge is 0.259 e. The lowest BCUT2D eigenvalue weighted by atomic mass is 10.1. The van der Waals surface area contributed by atoms with E-state index < -0.39 is 0 Å². The minimum absolute atomic E-state index is 0.0392. The summed E-state index contributed by atoms with van der Waals surface area (Å²) in [4.78, 5) is 12.0. The van der Waals surface area contributed by atoms with Gasteiger partial charge >= 0.3 is 0 Å². The Kier molecular flexibility index (Phi) is 2.64. The van der Waals surface area contributed by atoms with E-state index in [4.69, 9.17) is 0 Å². The number of anilines is 1. The standard InChI is InChI=1S/C14H11N3O2/c18-13-4-2-1-3-11(13)14(19)16-10-6-5-9-8-15-17-12(9)7-10/h1-8,18H,(H,15,17)(H,16,19). The summed E-state index contributed by atoms with van der Waals surface area (Å²) in [5.74, 6) is -0.389.